The van der Waals surface area contributed by atoms with Crippen molar-refractivity contribution in [3.63, 3.8) is 0 Å². The molecule has 1 aliphatic rings. The highest BCUT2D eigenvalue weighted by atomic mass is 16.5. The maximum Gasteiger partial charge on any atom is 0.122 e. The molecule has 0 aromatic heterocycles. The van der Waals surface area contributed by atoms with Crippen LogP contribution >= 0.6 is 0 Å². The van der Waals surface area contributed by atoms with Gasteiger partial charge in [-0.15, -0.1) is 0 Å². The second-order valence-corrected chi connectivity index (χ2v) is 6.42. The number of aryl methyl sites for hydroxylation is 1. The van der Waals surface area contributed by atoms with Gasteiger partial charge in [0, 0.05) is 13.1 Å². The molecule has 1 aliphatic carbocycles. The predicted octanol–water partition coefficient (Wildman–Crippen LogP) is 3.29. The van der Waals surface area contributed by atoms with Crippen molar-refractivity contribution < 1.29 is 9.84 Å². The zero-order valence-electron chi connectivity index (χ0n) is 13.4. The number of hydrogen-bond donors (Lipinski definition) is 2. The Morgan fingerprint density at radius 3 is 2.67 bits per heavy atom. The molecule has 118 valence electrons. The summed E-state index contributed by atoms with van der Waals surface area (Å²) in [6.45, 7) is 6.27. The first-order valence-electron chi connectivity index (χ1n) is 8.22. The lowest BCUT2D eigenvalue weighted by atomic mass is 9.83. The molecule has 0 bridgehead atoms. The van der Waals surface area contributed by atoms with E-state index in [0.717, 1.165) is 17.9 Å². The van der Waals surface area contributed by atoms with Gasteiger partial charge in [0.05, 0.1) is 0 Å². The van der Waals surface area contributed by atoms with Gasteiger partial charge in [-0.1, -0.05) is 38.0 Å². The number of aliphatic hydroxyl groups is 1. The lowest BCUT2D eigenvalue weighted by Crippen LogP contribution is -2.38. The third-order valence-corrected chi connectivity index (χ3v) is 4.82. The van der Waals surface area contributed by atoms with E-state index in [4.69, 9.17) is 4.74 Å². The molecule has 3 nitrogen and oxygen atoms in total. The number of aliphatic hydroxyl groups excluding tert-OH is 1. The van der Waals surface area contributed by atoms with Gasteiger partial charge in [0.15, 0.2) is 0 Å². The highest BCUT2D eigenvalue weighted by Gasteiger charge is 2.31. The minimum absolute atomic E-state index is 0.344. The van der Waals surface area contributed by atoms with Crippen LogP contribution in [0.5, 0.6) is 5.75 Å². The first kappa shape index (κ1) is 16.3. The topological polar surface area (TPSA) is 41.5 Å². The molecule has 1 aromatic carbocycles. The lowest BCUT2D eigenvalue weighted by molar-refractivity contribution is 0.102. The molecule has 1 aromatic rings. The fourth-order valence-corrected chi connectivity index (χ4v) is 3.25. The van der Waals surface area contributed by atoms with E-state index in [1.54, 1.807) is 0 Å². The lowest BCUT2D eigenvalue weighted by Gasteiger charge is -2.28. The Morgan fingerprint density at radius 1 is 1.29 bits per heavy atom. The Labute approximate surface area is 128 Å². The van der Waals surface area contributed by atoms with Crippen molar-refractivity contribution in [3.05, 3.63) is 29.8 Å². The summed E-state index contributed by atoms with van der Waals surface area (Å²) in [5, 5.41) is 13.5. The van der Waals surface area contributed by atoms with E-state index in [9.17, 15) is 5.11 Å². The Morgan fingerprint density at radius 2 is 2.00 bits per heavy atom. The molecule has 2 N–H and O–H groups in total. The highest BCUT2D eigenvalue weighted by molar-refractivity contribution is 5.31. The van der Waals surface area contributed by atoms with Gasteiger partial charge in [0.25, 0.3) is 0 Å². The van der Waals surface area contributed by atoms with E-state index in [0.29, 0.717) is 18.6 Å². The van der Waals surface area contributed by atoms with E-state index in [1.807, 2.05) is 31.2 Å². The van der Waals surface area contributed by atoms with Crippen LogP contribution in [0.15, 0.2) is 24.3 Å². The standard InChI is InChI=1S/C18H29NO2/c1-3-18(10-6-7-11-18)14-19-12-16(20)13-21-17-9-5-4-8-15(17)2/h4-5,8-9,16,19-20H,3,6-7,10-14H2,1-2H3. The summed E-state index contributed by atoms with van der Waals surface area (Å²) < 4.78 is 5.68. The van der Waals surface area contributed by atoms with E-state index in [2.05, 4.69) is 12.2 Å². The average Bonchev–Trinajstić information content (AvgIpc) is 2.96. The van der Waals surface area contributed by atoms with Crippen LogP contribution in [0.2, 0.25) is 0 Å². The first-order valence-corrected chi connectivity index (χ1v) is 8.22. The van der Waals surface area contributed by atoms with Gasteiger partial charge < -0.3 is 15.2 Å². The summed E-state index contributed by atoms with van der Waals surface area (Å²) in [5.74, 6) is 0.859. The van der Waals surface area contributed by atoms with E-state index in [-0.39, 0.29) is 0 Å². The monoisotopic (exact) mass is 291 g/mol. The van der Waals surface area contributed by atoms with Gasteiger partial charge in [-0.25, -0.2) is 0 Å². The first-order chi connectivity index (χ1) is 10.2. The normalized spacial score (nSPS) is 18.6. The molecule has 0 aliphatic heterocycles. The van der Waals surface area contributed by atoms with Crippen LogP contribution < -0.4 is 10.1 Å². The van der Waals surface area contributed by atoms with Crippen LogP contribution in [0.3, 0.4) is 0 Å². The summed E-state index contributed by atoms with van der Waals surface area (Å²) in [6.07, 6.45) is 6.14. The van der Waals surface area contributed by atoms with Crippen LogP contribution in [0, 0.1) is 12.3 Å². The molecule has 0 radical (unpaired) electrons. The summed E-state index contributed by atoms with van der Waals surface area (Å²) in [7, 11) is 0. The van der Waals surface area contributed by atoms with Gasteiger partial charge in [-0.3, -0.25) is 0 Å². The molecule has 1 fully saturated rings. The molecule has 0 amide bonds. The van der Waals surface area contributed by atoms with Crippen molar-refractivity contribution in [2.45, 2.75) is 52.1 Å². The van der Waals surface area contributed by atoms with Gasteiger partial charge in [0.1, 0.15) is 18.5 Å². The van der Waals surface area contributed by atoms with Crippen molar-refractivity contribution in [2.24, 2.45) is 5.41 Å². The Hall–Kier alpha value is -1.06. The van der Waals surface area contributed by atoms with Crippen molar-refractivity contribution >= 4 is 0 Å². The highest BCUT2D eigenvalue weighted by Crippen LogP contribution is 2.40. The van der Waals surface area contributed by atoms with Crippen LogP contribution in [0.25, 0.3) is 0 Å². The molecule has 0 spiro atoms. The maximum absolute atomic E-state index is 10.0. The third-order valence-electron chi connectivity index (χ3n) is 4.82. The van der Waals surface area contributed by atoms with Crippen LogP contribution in [-0.2, 0) is 0 Å². The van der Waals surface area contributed by atoms with Gasteiger partial charge in [0.2, 0.25) is 0 Å². The van der Waals surface area contributed by atoms with Crippen LogP contribution in [-0.4, -0.2) is 30.9 Å². The van der Waals surface area contributed by atoms with Crippen LogP contribution in [0.1, 0.15) is 44.6 Å². The quantitative estimate of drug-likeness (QED) is 0.772. The minimum Gasteiger partial charge on any atom is -0.491 e. The fourth-order valence-electron chi connectivity index (χ4n) is 3.25. The smallest absolute Gasteiger partial charge is 0.122 e. The van der Waals surface area contributed by atoms with E-state index in [1.165, 1.54) is 32.1 Å². The maximum atomic E-state index is 10.0. The molecular formula is C18H29NO2. The summed E-state index contributed by atoms with van der Waals surface area (Å²) in [6, 6.07) is 7.91. The summed E-state index contributed by atoms with van der Waals surface area (Å²) in [5.41, 5.74) is 1.57. The molecule has 1 saturated carbocycles. The average molecular weight is 291 g/mol. The van der Waals surface area contributed by atoms with Crippen LogP contribution in [0.4, 0.5) is 0 Å². The number of benzene rings is 1. The van der Waals surface area contributed by atoms with E-state index >= 15 is 0 Å². The SMILES string of the molecule is CCC1(CNCC(O)COc2ccccc2C)CCCC1. The molecule has 1 unspecified atom stereocenters. The zero-order valence-corrected chi connectivity index (χ0v) is 13.4. The van der Waals surface area contributed by atoms with Crippen molar-refractivity contribution in [1.29, 1.82) is 0 Å². The number of para-hydroxylation sites is 1. The zero-order chi connectivity index (χ0) is 15.1. The molecule has 0 saturated heterocycles. The summed E-state index contributed by atoms with van der Waals surface area (Å²) >= 11 is 0. The number of hydrogen-bond acceptors (Lipinski definition) is 3. The second-order valence-electron chi connectivity index (χ2n) is 6.42. The Bertz CT molecular complexity index is 427. The molecule has 1 atom stereocenters. The third kappa shape index (κ3) is 4.72. The van der Waals surface area contributed by atoms with Crippen molar-refractivity contribution in [1.82, 2.24) is 5.32 Å². The second kappa shape index (κ2) is 7.81. The van der Waals surface area contributed by atoms with Gasteiger partial charge >= 0.3 is 0 Å². The summed E-state index contributed by atoms with van der Waals surface area (Å²) in [4.78, 5) is 0. The molecule has 3 heteroatoms. The minimum atomic E-state index is -0.458. The van der Waals surface area contributed by atoms with Gasteiger partial charge in [-0.05, 0) is 43.2 Å². The van der Waals surface area contributed by atoms with E-state index < -0.39 is 6.10 Å². The number of rotatable bonds is 8. The number of ether oxygens (including phenoxy) is 1. The largest absolute Gasteiger partial charge is 0.491 e. The predicted molar refractivity (Wildman–Crippen MR) is 86.7 cm³/mol. The number of nitrogens with one attached hydrogen (secondary N) is 1. The molecule has 2 rings (SSSR count). The molecule has 0 heterocycles. The Balaban J connectivity index is 1.68. The van der Waals surface area contributed by atoms with Crippen molar-refractivity contribution in [2.75, 3.05) is 19.7 Å². The fraction of sp³-hybridized carbons (Fsp3) is 0.667. The Kier molecular flexibility index (Phi) is 6.07. The molecular weight excluding hydrogens is 262 g/mol. The van der Waals surface area contributed by atoms with Gasteiger partial charge in [-0.2, -0.15) is 0 Å². The van der Waals surface area contributed by atoms with Crippen molar-refractivity contribution in [3.8, 4) is 5.75 Å². The molecule has 21 heavy (non-hydrogen) atoms.